The predicted octanol–water partition coefficient (Wildman–Crippen LogP) is 4.94. The van der Waals surface area contributed by atoms with Crippen LogP contribution in [0.15, 0.2) is 29.2 Å². The van der Waals surface area contributed by atoms with Gasteiger partial charge < -0.3 is 21.5 Å². The minimum Gasteiger partial charge on any atom is -0.465 e. The number of nitrogens with one attached hydrogen (secondary N) is 2. The molecule has 1 aliphatic rings. The fraction of sp³-hybridized carbons (Fsp3) is 0.440. The molecule has 3 rings (SSSR count). The number of hydrogen-bond donors (Lipinski definition) is 4. The smallest absolute Gasteiger partial charge is 0.416 e. The largest absolute Gasteiger partial charge is 0.465 e. The Kier molecular flexibility index (Phi) is 10.2. The number of benzene rings is 2. The molecule has 2 aromatic carbocycles. The van der Waals surface area contributed by atoms with E-state index in [9.17, 15) is 31.2 Å². The number of rotatable bonds is 9. The van der Waals surface area contributed by atoms with E-state index in [4.69, 9.17) is 34.0 Å². The lowest BCUT2D eigenvalue weighted by Gasteiger charge is -2.33. The molecule has 5 N–H and O–H groups in total. The lowest BCUT2D eigenvalue weighted by molar-refractivity contribution is -0.138. The topological polar surface area (TPSA) is 142 Å². The maximum absolute atomic E-state index is 14.1. The van der Waals surface area contributed by atoms with Crippen molar-refractivity contribution in [3.63, 3.8) is 0 Å². The molecule has 220 valence electrons. The molecule has 1 saturated heterocycles. The van der Waals surface area contributed by atoms with Crippen molar-refractivity contribution in [2.75, 3.05) is 24.6 Å². The van der Waals surface area contributed by atoms with E-state index in [1.807, 2.05) is 0 Å². The van der Waals surface area contributed by atoms with Crippen LogP contribution >= 0.6 is 23.2 Å². The number of carbonyl (C=O) groups excluding carboxylic acids is 1. The average molecular weight is 625 g/mol. The minimum absolute atomic E-state index is 0.0476. The summed E-state index contributed by atoms with van der Waals surface area (Å²) in [5.41, 5.74) is 3.83. The van der Waals surface area contributed by atoms with Gasteiger partial charge in [0, 0.05) is 30.7 Å². The highest BCUT2D eigenvalue weighted by molar-refractivity contribution is 7.91. The SMILES string of the molecule is CCCS(=O)(=O)c1ccc(Cl)cc1CNC(=O)c1cc(C(F)(F)F)c(CN2CCC[C@@H](NC(=O)O)C2)c(Cl)c1N. The summed E-state index contributed by atoms with van der Waals surface area (Å²) in [6.07, 6.45) is -4.66. The zero-order chi connectivity index (χ0) is 29.8. The summed E-state index contributed by atoms with van der Waals surface area (Å²) < 4.78 is 67.7. The molecule has 2 amide bonds. The van der Waals surface area contributed by atoms with Gasteiger partial charge in [0.25, 0.3) is 5.91 Å². The number of halogens is 5. The Balaban J connectivity index is 1.91. The summed E-state index contributed by atoms with van der Waals surface area (Å²) in [7, 11) is -3.69. The normalized spacial score (nSPS) is 16.5. The van der Waals surface area contributed by atoms with Gasteiger partial charge in [0.2, 0.25) is 0 Å². The monoisotopic (exact) mass is 624 g/mol. The van der Waals surface area contributed by atoms with E-state index in [-0.39, 0.29) is 52.1 Å². The van der Waals surface area contributed by atoms with E-state index < -0.39 is 50.2 Å². The zero-order valence-electron chi connectivity index (χ0n) is 21.4. The number of sulfone groups is 1. The highest BCUT2D eigenvalue weighted by atomic mass is 35.5. The van der Waals surface area contributed by atoms with Crippen molar-refractivity contribution in [2.24, 2.45) is 0 Å². The summed E-state index contributed by atoms with van der Waals surface area (Å²) in [6, 6.07) is 4.22. The number of carbonyl (C=O) groups is 2. The van der Waals surface area contributed by atoms with Gasteiger partial charge in [-0.25, -0.2) is 13.2 Å². The van der Waals surface area contributed by atoms with Crippen molar-refractivity contribution < 1.29 is 36.3 Å². The third-order valence-electron chi connectivity index (χ3n) is 6.44. The lowest BCUT2D eigenvalue weighted by Crippen LogP contribution is -2.47. The number of nitrogen functional groups attached to an aromatic ring is 1. The average Bonchev–Trinajstić information content (AvgIpc) is 2.84. The second kappa shape index (κ2) is 12.8. The van der Waals surface area contributed by atoms with Crippen LogP contribution < -0.4 is 16.4 Å². The van der Waals surface area contributed by atoms with Gasteiger partial charge in [0.1, 0.15) is 0 Å². The number of likely N-dealkylation sites (tertiary alicyclic amines) is 1. The van der Waals surface area contributed by atoms with Crippen LogP contribution in [0.3, 0.4) is 0 Å². The number of alkyl halides is 3. The molecule has 1 atom stereocenters. The van der Waals surface area contributed by atoms with Gasteiger partial charge in [-0.1, -0.05) is 30.1 Å². The minimum atomic E-state index is -4.88. The maximum atomic E-state index is 14.1. The Bertz CT molecular complexity index is 1390. The van der Waals surface area contributed by atoms with Crippen molar-refractivity contribution in [2.45, 2.75) is 56.4 Å². The van der Waals surface area contributed by atoms with E-state index in [0.29, 0.717) is 31.9 Å². The summed E-state index contributed by atoms with van der Waals surface area (Å²) in [5, 5.41) is 13.5. The van der Waals surface area contributed by atoms with Gasteiger partial charge in [-0.15, -0.1) is 0 Å². The lowest BCUT2D eigenvalue weighted by atomic mass is 9.98. The standard InChI is InChI=1S/C25H29Cl2F3N4O5S/c1-2-8-40(38,39)20-6-5-15(26)9-14(20)11-32-23(35)17-10-19(25(28,29)30)18(21(27)22(17)31)13-34-7-3-4-16(12-34)33-24(36)37/h5-6,9-10,16,33H,2-4,7-8,11-13,31H2,1H3,(H,32,35)(H,36,37)/t16-/m1/s1. The van der Waals surface area contributed by atoms with Crippen molar-refractivity contribution >= 4 is 50.7 Å². The molecular weight excluding hydrogens is 596 g/mol. The molecular formula is C25H29Cl2F3N4O5S. The fourth-order valence-corrected chi connectivity index (χ4v) is 6.68. The quantitative estimate of drug-likeness (QED) is 0.289. The molecule has 2 aromatic rings. The summed E-state index contributed by atoms with van der Waals surface area (Å²) >= 11 is 12.3. The van der Waals surface area contributed by atoms with Crippen LogP contribution in [0.4, 0.5) is 23.7 Å². The van der Waals surface area contributed by atoms with E-state index in [0.717, 1.165) is 0 Å². The van der Waals surface area contributed by atoms with Crippen molar-refractivity contribution in [3.05, 3.63) is 56.6 Å². The van der Waals surface area contributed by atoms with Gasteiger partial charge in [-0.05, 0) is 61.2 Å². The second-order valence-electron chi connectivity index (χ2n) is 9.45. The first kappa shape index (κ1) is 31.8. The fourth-order valence-electron chi connectivity index (χ4n) is 4.66. The molecule has 0 spiro atoms. The van der Waals surface area contributed by atoms with Gasteiger partial charge in [0.15, 0.2) is 9.84 Å². The highest BCUT2D eigenvalue weighted by Crippen LogP contribution is 2.40. The van der Waals surface area contributed by atoms with Crippen molar-refractivity contribution in [1.82, 2.24) is 15.5 Å². The molecule has 0 radical (unpaired) electrons. The van der Waals surface area contributed by atoms with Crippen molar-refractivity contribution in [3.8, 4) is 0 Å². The maximum Gasteiger partial charge on any atom is 0.416 e. The van der Waals surface area contributed by atoms with E-state index in [2.05, 4.69) is 10.6 Å². The third kappa shape index (κ3) is 7.71. The number of amides is 2. The van der Waals surface area contributed by atoms with Crippen LogP contribution in [-0.4, -0.2) is 55.3 Å². The van der Waals surface area contributed by atoms with Crippen LogP contribution in [0.25, 0.3) is 0 Å². The Morgan fingerprint density at radius 3 is 2.55 bits per heavy atom. The molecule has 40 heavy (non-hydrogen) atoms. The van der Waals surface area contributed by atoms with Crippen LogP contribution in [0.1, 0.15) is 53.2 Å². The first-order chi connectivity index (χ1) is 18.6. The summed E-state index contributed by atoms with van der Waals surface area (Å²) in [6.45, 7) is 1.67. The Hall–Kier alpha value is -2.74. The molecule has 9 nitrogen and oxygen atoms in total. The Morgan fingerprint density at radius 1 is 1.23 bits per heavy atom. The number of anilines is 1. The Labute approximate surface area is 239 Å². The number of nitrogens with two attached hydrogens (primary N) is 1. The van der Waals surface area contributed by atoms with Gasteiger partial charge >= 0.3 is 12.3 Å². The van der Waals surface area contributed by atoms with Crippen LogP contribution in [-0.2, 0) is 29.1 Å². The Morgan fingerprint density at radius 2 is 1.93 bits per heavy atom. The molecule has 1 aliphatic heterocycles. The number of nitrogens with zero attached hydrogens (tertiary/aromatic N) is 1. The zero-order valence-corrected chi connectivity index (χ0v) is 23.8. The molecule has 1 fully saturated rings. The molecule has 0 aliphatic carbocycles. The molecule has 0 bridgehead atoms. The molecule has 0 aromatic heterocycles. The summed E-state index contributed by atoms with van der Waals surface area (Å²) in [4.78, 5) is 25.6. The number of piperidine rings is 1. The van der Waals surface area contributed by atoms with Gasteiger partial charge in [-0.2, -0.15) is 13.2 Å². The predicted molar refractivity (Wildman–Crippen MR) is 145 cm³/mol. The van der Waals surface area contributed by atoms with E-state index >= 15 is 0 Å². The van der Waals surface area contributed by atoms with Crippen molar-refractivity contribution in [1.29, 1.82) is 0 Å². The third-order valence-corrected chi connectivity index (χ3v) is 9.12. The molecule has 1 heterocycles. The van der Waals surface area contributed by atoms with E-state index in [1.165, 1.54) is 18.2 Å². The molecule has 0 unspecified atom stereocenters. The van der Waals surface area contributed by atoms with Crippen LogP contribution in [0.2, 0.25) is 10.0 Å². The highest BCUT2D eigenvalue weighted by Gasteiger charge is 2.37. The number of carboxylic acid groups (broad SMARTS) is 1. The van der Waals surface area contributed by atoms with Crippen LogP contribution in [0, 0.1) is 0 Å². The van der Waals surface area contributed by atoms with Gasteiger partial charge in [0.05, 0.1) is 32.5 Å². The number of hydrogen-bond acceptors (Lipinski definition) is 6. The molecule has 0 saturated carbocycles. The molecule has 15 heteroatoms. The second-order valence-corrected chi connectivity index (χ2v) is 12.3. The first-order valence-corrected chi connectivity index (χ1v) is 14.7. The van der Waals surface area contributed by atoms with Gasteiger partial charge in [-0.3, -0.25) is 9.69 Å². The van der Waals surface area contributed by atoms with Crippen LogP contribution in [0.5, 0.6) is 0 Å². The summed E-state index contributed by atoms with van der Waals surface area (Å²) in [5.74, 6) is -1.13. The first-order valence-electron chi connectivity index (χ1n) is 12.3. The van der Waals surface area contributed by atoms with E-state index in [1.54, 1.807) is 11.8 Å².